The number of hydrogen-bond acceptors (Lipinski definition) is 2. The number of aryl methyl sites for hydroxylation is 1. The minimum Gasteiger partial charge on any atom is -0.345 e. The number of benzene rings is 1. The van der Waals surface area contributed by atoms with Crippen LogP contribution < -0.4 is 10.6 Å². The molecule has 2 N–H and O–H groups in total. The molecule has 0 aromatic heterocycles. The van der Waals surface area contributed by atoms with E-state index in [0.29, 0.717) is 6.42 Å². The Balaban J connectivity index is 2.08. The molecule has 1 aromatic rings. The summed E-state index contributed by atoms with van der Waals surface area (Å²) in [6.07, 6.45) is 0.541. The number of rotatable bonds is 2. The molecule has 4 heteroatoms. The van der Waals surface area contributed by atoms with E-state index in [9.17, 15) is 9.59 Å². The lowest BCUT2D eigenvalue weighted by Gasteiger charge is -2.23. The van der Waals surface area contributed by atoms with Gasteiger partial charge in [0.05, 0.1) is 6.54 Å². The van der Waals surface area contributed by atoms with Crippen LogP contribution in [0.1, 0.15) is 11.1 Å². The molecule has 0 aliphatic carbocycles. The van der Waals surface area contributed by atoms with E-state index in [4.69, 9.17) is 0 Å². The largest absolute Gasteiger partial charge is 0.345 e. The van der Waals surface area contributed by atoms with Crippen molar-refractivity contribution in [2.24, 2.45) is 0 Å². The van der Waals surface area contributed by atoms with Crippen LogP contribution in [-0.2, 0) is 16.0 Å². The van der Waals surface area contributed by atoms with Crippen molar-refractivity contribution in [3.05, 3.63) is 35.4 Å². The highest BCUT2D eigenvalue weighted by Crippen LogP contribution is 2.08. The predicted molar refractivity (Wildman–Crippen MR) is 59.8 cm³/mol. The molecule has 0 spiro atoms. The smallest absolute Gasteiger partial charge is 0.243 e. The van der Waals surface area contributed by atoms with Crippen molar-refractivity contribution >= 4 is 11.8 Å². The minimum atomic E-state index is -0.442. The van der Waals surface area contributed by atoms with Crippen molar-refractivity contribution in [1.82, 2.24) is 10.6 Å². The highest BCUT2D eigenvalue weighted by Gasteiger charge is 2.25. The second kappa shape index (κ2) is 4.35. The number of nitrogens with one attached hydrogen (secondary N) is 2. The number of piperazine rings is 1. The molecule has 0 radical (unpaired) electrons. The van der Waals surface area contributed by atoms with Crippen LogP contribution in [0.5, 0.6) is 0 Å². The quantitative estimate of drug-likeness (QED) is 0.742. The van der Waals surface area contributed by atoms with Crippen molar-refractivity contribution in [3.63, 3.8) is 0 Å². The summed E-state index contributed by atoms with van der Waals surface area (Å²) in [4.78, 5) is 22.7. The van der Waals surface area contributed by atoms with E-state index in [2.05, 4.69) is 10.6 Å². The van der Waals surface area contributed by atoms with Gasteiger partial charge < -0.3 is 10.6 Å². The molecule has 1 atom stereocenters. The lowest BCUT2D eigenvalue weighted by atomic mass is 10.0. The zero-order valence-corrected chi connectivity index (χ0v) is 9.12. The van der Waals surface area contributed by atoms with Crippen molar-refractivity contribution in [2.45, 2.75) is 19.4 Å². The summed E-state index contributed by atoms with van der Waals surface area (Å²) in [5, 5.41) is 5.25. The molecule has 4 nitrogen and oxygen atoms in total. The molecular formula is C12H14N2O2. The van der Waals surface area contributed by atoms with Crippen LogP contribution in [0.15, 0.2) is 24.3 Å². The first-order chi connectivity index (χ1) is 7.65. The van der Waals surface area contributed by atoms with Gasteiger partial charge in [-0.25, -0.2) is 0 Å². The Morgan fingerprint density at radius 1 is 1.38 bits per heavy atom. The maximum Gasteiger partial charge on any atom is 0.243 e. The van der Waals surface area contributed by atoms with E-state index in [-0.39, 0.29) is 18.4 Å². The number of carbonyl (C=O) groups excluding carboxylic acids is 2. The van der Waals surface area contributed by atoms with Crippen LogP contribution in [0.4, 0.5) is 0 Å². The van der Waals surface area contributed by atoms with E-state index in [0.717, 1.165) is 11.1 Å². The van der Waals surface area contributed by atoms with Gasteiger partial charge in [0.1, 0.15) is 6.04 Å². The molecule has 1 aliphatic rings. The fourth-order valence-corrected chi connectivity index (χ4v) is 1.82. The Labute approximate surface area is 94.0 Å². The molecule has 1 unspecified atom stereocenters. The van der Waals surface area contributed by atoms with Gasteiger partial charge in [-0.15, -0.1) is 0 Å². The zero-order valence-electron chi connectivity index (χ0n) is 9.12. The maximum atomic E-state index is 11.5. The maximum absolute atomic E-state index is 11.5. The van der Waals surface area contributed by atoms with Crippen LogP contribution in [0.3, 0.4) is 0 Å². The Kier molecular flexibility index (Phi) is 2.90. The minimum absolute atomic E-state index is 0.0865. The molecular weight excluding hydrogens is 204 g/mol. The molecule has 16 heavy (non-hydrogen) atoms. The van der Waals surface area contributed by atoms with Crippen LogP contribution in [0.25, 0.3) is 0 Å². The average Bonchev–Trinajstić information content (AvgIpc) is 2.24. The molecule has 2 amide bonds. The van der Waals surface area contributed by atoms with Gasteiger partial charge >= 0.3 is 0 Å². The van der Waals surface area contributed by atoms with Crippen LogP contribution in [0.2, 0.25) is 0 Å². The SMILES string of the molecule is Cc1cccc(CC2NC(=O)CNC2=O)c1. The van der Waals surface area contributed by atoms with Gasteiger partial charge in [0, 0.05) is 6.42 Å². The molecule has 84 valence electrons. The zero-order chi connectivity index (χ0) is 11.5. The Bertz CT molecular complexity index is 429. The van der Waals surface area contributed by atoms with Gasteiger partial charge in [-0.3, -0.25) is 9.59 Å². The molecule has 1 saturated heterocycles. The van der Waals surface area contributed by atoms with Gasteiger partial charge in [0.2, 0.25) is 11.8 Å². The molecule has 0 saturated carbocycles. The Morgan fingerprint density at radius 2 is 2.19 bits per heavy atom. The first kappa shape index (κ1) is 10.7. The van der Waals surface area contributed by atoms with Crippen molar-refractivity contribution in [1.29, 1.82) is 0 Å². The summed E-state index contributed by atoms with van der Waals surface area (Å²) in [6.45, 7) is 2.09. The van der Waals surface area contributed by atoms with Gasteiger partial charge in [-0.1, -0.05) is 29.8 Å². The average molecular weight is 218 g/mol. The predicted octanol–water partition coefficient (Wildman–Crippen LogP) is 0.152. The van der Waals surface area contributed by atoms with Gasteiger partial charge in [0.25, 0.3) is 0 Å². The highest BCUT2D eigenvalue weighted by molar-refractivity contribution is 5.94. The molecule has 1 aromatic carbocycles. The monoisotopic (exact) mass is 218 g/mol. The number of hydrogen-bond donors (Lipinski definition) is 2. The second-order valence-corrected chi connectivity index (χ2v) is 4.03. The molecule has 1 heterocycles. The second-order valence-electron chi connectivity index (χ2n) is 4.03. The van der Waals surface area contributed by atoms with E-state index in [1.54, 1.807) is 0 Å². The van der Waals surface area contributed by atoms with Crippen LogP contribution >= 0.6 is 0 Å². The van der Waals surface area contributed by atoms with Gasteiger partial charge in [-0.05, 0) is 12.5 Å². The first-order valence-corrected chi connectivity index (χ1v) is 5.28. The number of amides is 2. The van der Waals surface area contributed by atoms with E-state index >= 15 is 0 Å². The first-order valence-electron chi connectivity index (χ1n) is 5.28. The third kappa shape index (κ3) is 2.39. The Hall–Kier alpha value is -1.84. The highest BCUT2D eigenvalue weighted by atomic mass is 16.2. The standard InChI is InChI=1S/C12H14N2O2/c1-8-3-2-4-9(5-8)6-10-12(16)13-7-11(15)14-10/h2-5,10H,6-7H2,1H3,(H,13,16)(H,14,15). The summed E-state index contributed by atoms with van der Waals surface area (Å²) in [6, 6.07) is 7.49. The third-order valence-corrected chi connectivity index (χ3v) is 2.60. The summed E-state index contributed by atoms with van der Waals surface area (Å²) in [7, 11) is 0. The topological polar surface area (TPSA) is 58.2 Å². The lowest BCUT2D eigenvalue weighted by Crippen LogP contribution is -2.56. The molecule has 2 rings (SSSR count). The van der Waals surface area contributed by atoms with Crippen molar-refractivity contribution in [3.8, 4) is 0 Å². The lowest BCUT2D eigenvalue weighted by molar-refractivity contribution is -0.133. The summed E-state index contributed by atoms with van der Waals surface area (Å²) in [5.74, 6) is -0.238. The number of carbonyl (C=O) groups is 2. The van der Waals surface area contributed by atoms with Crippen molar-refractivity contribution in [2.75, 3.05) is 6.54 Å². The summed E-state index contributed by atoms with van der Waals surface area (Å²) < 4.78 is 0. The fraction of sp³-hybridized carbons (Fsp3) is 0.333. The van der Waals surface area contributed by atoms with Crippen molar-refractivity contribution < 1.29 is 9.59 Å². The molecule has 0 bridgehead atoms. The molecule has 1 fully saturated rings. The van der Waals surface area contributed by atoms with Gasteiger partial charge in [-0.2, -0.15) is 0 Å². The fourth-order valence-electron chi connectivity index (χ4n) is 1.82. The van der Waals surface area contributed by atoms with E-state index < -0.39 is 6.04 Å². The third-order valence-electron chi connectivity index (χ3n) is 2.60. The van der Waals surface area contributed by atoms with Crippen LogP contribution in [0, 0.1) is 6.92 Å². The van der Waals surface area contributed by atoms with E-state index in [1.165, 1.54) is 0 Å². The molecule has 1 aliphatic heterocycles. The van der Waals surface area contributed by atoms with E-state index in [1.807, 2.05) is 31.2 Å². The van der Waals surface area contributed by atoms with Gasteiger partial charge in [0.15, 0.2) is 0 Å². The summed E-state index contributed by atoms with van der Waals surface area (Å²) >= 11 is 0. The normalized spacial score (nSPS) is 20.2. The Morgan fingerprint density at radius 3 is 2.94 bits per heavy atom. The van der Waals surface area contributed by atoms with Crippen LogP contribution in [-0.4, -0.2) is 24.4 Å². The summed E-state index contributed by atoms with van der Waals surface area (Å²) in [5.41, 5.74) is 2.21.